The molecule has 4 aliphatic heterocycles. The van der Waals surface area contributed by atoms with Gasteiger partial charge >= 0.3 is 12.1 Å². The third-order valence-corrected chi connectivity index (χ3v) is 8.33. The molecule has 3 atom stereocenters. The van der Waals surface area contributed by atoms with Crippen LogP contribution in [-0.4, -0.2) is 80.6 Å². The molecular weight excluding hydrogens is 456 g/mol. The number of ether oxygens (including phenoxy) is 4. The van der Waals surface area contributed by atoms with Crippen molar-refractivity contribution in [1.82, 2.24) is 4.90 Å². The van der Waals surface area contributed by atoms with Gasteiger partial charge in [-0.15, -0.1) is 0 Å². The summed E-state index contributed by atoms with van der Waals surface area (Å²) in [6.07, 6.45) is 2.96. The van der Waals surface area contributed by atoms with E-state index in [0.29, 0.717) is 50.1 Å². The van der Waals surface area contributed by atoms with Crippen LogP contribution in [0.3, 0.4) is 0 Å². The Morgan fingerprint density at radius 1 is 1.00 bits per heavy atom. The molecule has 5 aliphatic rings. The van der Waals surface area contributed by atoms with Crippen LogP contribution in [0.2, 0.25) is 0 Å². The van der Waals surface area contributed by atoms with Gasteiger partial charge in [0.1, 0.15) is 11.0 Å². The van der Waals surface area contributed by atoms with Crippen LogP contribution < -0.4 is 14.4 Å². The molecule has 0 saturated carbocycles. The van der Waals surface area contributed by atoms with Gasteiger partial charge in [0, 0.05) is 13.1 Å². The highest BCUT2D eigenvalue weighted by Crippen LogP contribution is 2.67. The number of nitrogens with zero attached hydrogens (tertiary/aromatic N) is 2. The van der Waals surface area contributed by atoms with Gasteiger partial charge in [-0.3, -0.25) is 9.69 Å². The molecule has 10 heteroatoms. The number of hydrogen-bond donors (Lipinski definition) is 1. The summed E-state index contributed by atoms with van der Waals surface area (Å²) >= 11 is 0. The lowest BCUT2D eigenvalue weighted by atomic mass is 9.54. The van der Waals surface area contributed by atoms with Gasteiger partial charge in [-0.05, 0) is 49.8 Å². The van der Waals surface area contributed by atoms with Crippen LogP contribution in [0.15, 0.2) is 23.8 Å². The monoisotopic (exact) mass is 486 g/mol. The number of amides is 2. The van der Waals surface area contributed by atoms with Crippen LogP contribution in [0.5, 0.6) is 11.5 Å². The van der Waals surface area contributed by atoms with Crippen molar-refractivity contribution in [2.24, 2.45) is 0 Å². The van der Waals surface area contributed by atoms with Gasteiger partial charge in [-0.25, -0.2) is 9.59 Å². The highest BCUT2D eigenvalue weighted by molar-refractivity contribution is 6.09. The van der Waals surface area contributed by atoms with Crippen molar-refractivity contribution in [2.75, 3.05) is 46.4 Å². The Morgan fingerprint density at radius 3 is 2.43 bits per heavy atom. The first-order chi connectivity index (χ1) is 16.8. The molecule has 4 heterocycles. The largest absolute Gasteiger partial charge is 0.493 e. The van der Waals surface area contributed by atoms with Gasteiger partial charge in [0.2, 0.25) is 11.5 Å². The molecule has 4 bridgehead atoms. The van der Waals surface area contributed by atoms with Crippen molar-refractivity contribution in [1.29, 1.82) is 0 Å². The summed E-state index contributed by atoms with van der Waals surface area (Å²) in [6, 6.07) is 3.41. The van der Waals surface area contributed by atoms with Crippen molar-refractivity contribution in [2.45, 2.75) is 48.7 Å². The van der Waals surface area contributed by atoms with Gasteiger partial charge < -0.3 is 29.0 Å². The summed E-state index contributed by atoms with van der Waals surface area (Å²) in [6.45, 7) is 0.974. The van der Waals surface area contributed by atoms with E-state index in [1.807, 2.05) is 0 Å². The molecule has 2 amide bonds. The standard InChI is InChI=1S/C25H30N2O8/c1-32-17-8-7-16-18(19(17)33-2)27(22(30)35-4)25-10-9-15(14-24(25,31)21(29)34-3)6-5-12-26-13-11-23(16,25)20(26)28/h7-8,14,31H,5-6,9-13H2,1-4H3/t23-,24-,25+/m1/s1. The summed E-state index contributed by atoms with van der Waals surface area (Å²) in [7, 11) is 5.32. The van der Waals surface area contributed by atoms with Crippen LogP contribution in [0.25, 0.3) is 0 Å². The molecule has 1 aromatic carbocycles. The average molecular weight is 487 g/mol. The van der Waals surface area contributed by atoms with Crippen LogP contribution >= 0.6 is 0 Å². The van der Waals surface area contributed by atoms with E-state index >= 15 is 0 Å². The predicted octanol–water partition coefficient (Wildman–Crippen LogP) is 1.92. The zero-order valence-electron chi connectivity index (χ0n) is 20.4. The highest BCUT2D eigenvalue weighted by Gasteiger charge is 2.79. The van der Waals surface area contributed by atoms with Crippen LogP contribution in [0.4, 0.5) is 10.5 Å². The Labute approximate surface area is 203 Å². The second-order valence-electron chi connectivity index (χ2n) is 9.47. The highest BCUT2D eigenvalue weighted by atomic mass is 16.6. The fourth-order valence-electron chi connectivity index (χ4n) is 6.97. The zero-order valence-corrected chi connectivity index (χ0v) is 20.4. The molecule has 2 saturated heterocycles. The van der Waals surface area contributed by atoms with Crippen molar-refractivity contribution in [3.8, 4) is 11.5 Å². The number of anilines is 1. The fourth-order valence-corrected chi connectivity index (χ4v) is 6.97. The maximum atomic E-state index is 14.4. The van der Waals surface area contributed by atoms with Crippen molar-refractivity contribution in [3.05, 3.63) is 29.3 Å². The summed E-state index contributed by atoms with van der Waals surface area (Å²) in [4.78, 5) is 44.5. The summed E-state index contributed by atoms with van der Waals surface area (Å²) in [5, 5.41) is 12.4. The van der Waals surface area contributed by atoms with E-state index in [1.54, 1.807) is 17.0 Å². The zero-order chi connectivity index (χ0) is 25.2. The fraction of sp³-hybridized carbons (Fsp3) is 0.560. The molecule has 2 spiro atoms. The normalized spacial score (nSPS) is 30.9. The Morgan fingerprint density at radius 2 is 1.77 bits per heavy atom. The first-order valence-electron chi connectivity index (χ1n) is 11.7. The van der Waals surface area contributed by atoms with Crippen LogP contribution in [-0.2, 0) is 24.5 Å². The number of benzene rings is 1. The third-order valence-electron chi connectivity index (χ3n) is 8.33. The van der Waals surface area contributed by atoms with Gasteiger partial charge in [-0.2, -0.15) is 0 Å². The summed E-state index contributed by atoms with van der Waals surface area (Å²) in [5.41, 5.74) is -3.85. The SMILES string of the molecule is COC(=O)N1c2c(ccc(OC)c2OC)[C@@]23CCN(CCCC4=C[C@@](O)(C(=O)OC)[C@@]12CC4)C3=O. The number of methoxy groups -OCH3 is 4. The van der Waals surface area contributed by atoms with E-state index in [9.17, 15) is 19.5 Å². The summed E-state index contributed by atoms with van der Waals surface area (Å²) < 4.78 is 21.5. The molecule has 0 aromatic heterocycles. The second-order valence-corrected chi connectivity index (χ2v) is 9.47. The molecule has 0 unspecified atom stereocenters. The molecule has 6 rings (SSSR count). The molecule has 35 heavy (non-hydrogen) atoms. The van der Waals surface area contributed by atoms with Gasteiger partial charge in [0.15, 0.2) is 11.5 Å². The molecular formula is C25H30N2O8. The second kappa shape index (κ2) is 7.87. The topological polar surface area (TPSA) is 115 Å². The first kappa shape index (κ1) is 23.5. The maximum Gasteiger partial charge on any atom is 0.414 e. The molecule has 188 valence electrons. The minimum absolute atomic E-state index is 0.152. The number of rotatable bonds is 3. The van der Waals surface area contributed by atoms with Gasteiger partial charge in [0.05, 0.1) is 34.1 Å². The number of esters is 1. The Hall–Kier alpha value is -3.27. The summed E-state index contributed by atoms with van der Waals surface area (Å²) in [5.74, 6) is -0.616. The number of fused-ring (bicyclic) bond motifs is 5. The first-order valence-corrected chi connectivity index (χ1v) is 11.7. The maximum absolute atomic E-state index is 14.4. The van der Waals surface area contributed by atoms with Crippen molar-refractivity contribution in [3.63, 3.8) is 0 Å². The van der Waals surface area contributed by atoms with Gasteiger partial charge in [0.25, 0.3) is 0 Å². The molecule has 1 aromatic rings. The number of allylic oxidation sites excluding steroid dienone is 1. The number of aliphatic hydroxyl groups is 1. The van der Waals surface area contributed by atoms with Crippen LogP contribution in [0.1, 0.15) is 37.7 Å². The Balaban J connectivity index is 1.97. The van der Waals surface area contributed by atoms with E-state index < -0.39 is 28.6 Å². The minimum atomic E-state index is -2.32. The smallest absolute Gasteiger partial charge is 0.414 e. The molecule has 1 N–H and O–H groups in total. The number of hydrogen-bond acceptors (Lipinski definition) is 8. The van der Waals surface area contributed by atoms with Crippen molar-refractivity contribution < 1.29 is 38.4 Å². The van der Waals surface area contributed by atoms with Crippen LogP contribution in [0, 0.1) is 0 Å². The van der Waals surface area contributed by atoms with E-state index in [4.69, 9.17) is 18.9 Å². The van der Waals surface area contributed by atoms with E-state index in [1.165, 1.54) is 39.4 Å². The lowest BCUT2D eigenvalue weighted by Gasteiger charge is -2.55. The number of carbonyl (C=O) groups excluding carboxylic acids is 3. The molecule has 1 aliphatic carbocycles. The predicted molar refractivity (Wildman–Crippen MR) is 124 cm³/mol. The average Bonchev–Trinajstić information content (AvgIpc) is 3.32. The van der Waals surface area contributed by atoms with E-state index in [0.717, 1.165) is 5.57 Å². The Kier molecular flexibility index (Phi) is 5.28. The Bertz CT molecular complexity index is 1150. The lowest BCUT2D eigenvalue weighted by molar-refractivity contribution is -0.170. The minimum Gasteiger partial charge on any atom is -0.493 e. The third kappa shape index (κ3) is 2.60. The van der Waals surface area contributed by atoms with Gasteiger partial charge in [-0.1, -0.05) is 11.6 Å². The van der Waals surface area contributed by atoms with E-state index in [2.05, 4.69) is 0 Å². The molecule has 10 nitrogen and oxygen atoms in total. The number of carbonyl (C=O) groups is 3. The lowest BCUT2D eigenvalue weighted by Crippen LogP contribution is -2.76. The van der Waals surface area contributed by atoms with Crippen molar-refractivity contribution >= 4 is 23.7 Å². The molecule has 2 fully saturated rings. The quantitative estimate of drug-likeness (QED) is 0.509. The molecule has 0 radical (unpaired) electrons. The van der Waals surface area contributed by atoms with E-state index in [-0.39, 0.29) is 23.8 Å².